The summed E-state index contributed by atoms with van der Waals surface area (Å²) in [4.78, 5) is 19.6. The van der Waals surface area contributed by atoms with Gasteiger partial charge < -0.3 is 4.57 Å². The second-order valence-electron chi connectivity index (χ2n) is 6.06. The van der Waals surface area contributed by atoms with Crippen molar-refractivity contribution in [2.24, 2.45) is 4.99 Å². The van der Waals surface area contributed by atoms with Gasteiger partial charge in [-0.3, -0.25) is 14.7 Å². The molecule has 1 amide bonds. The Kier molecular flexibility index (Phi) is 5.92. The summed E-state index contributed by atoms with van der Waals surface area (Å²) in [5.74, 6) is 0.0452. The molecule has 0 N–H and O–H groups in total. The van der Waals surface area contributed by atoms with Gasteiger partial charge in [0.15, 0.2) is 5.17 Å². The molecular weight excluding hydrogens is 457 g/mol. The van der Waals surface area contributed by atoms with Gasteiger partial charge in [-0.25, -0.2) is 0 Å². The number of aryl methyl sites for hydroxylation is 1. The van der Waals surface area contributed by atoms with Crippen molar-refractivity contribution in [3.63, 3.8) is 0 Å². The quantitative estimate of drug-likeness (QED) is 0.457. The van der Waals surface area contributed by atoms with Gasteiger partial charge >= 0.3 is 0 Å². The maximum atomic E-state index is 12.7. The maximum Gasteiger partial charge on any atom is 0.266 e. The summed E-state index contributed by atoms with van der Waals surface area (Å²) in [6.45, 7) is 9.49. The minimum atomic E-state index is 0.0452. The summed E-state index contributed by atoms with van der Waals surface area (Å²) >= 11 is 3.78. The van der Waals surface area contributed by atoms with E-state index in [9.17, 15) is 4.79 Å². The van der Waals surface area contributed by atoms with E-state index in [2.05, 4.69) is 76.3 Å². The molecule has 0 atom stereocenters. The summed E-state index contributed by atoms with van der Waals surface area (Å²) in [6, 6.07) is 10.6. The van der Waals surface area contributed by atoms with Crippen molar-refractivity contribution in [1.82, 2.24) is 9.47 Å². The highest BCUT2D eigenvalue weighted by Gasteiger charge is 2.32. The molecule has 1 aromatic heterocycles. The smallest absolute Gasteiger partial charge is 0.266 e. The number of aliphatic imine (C=N–C) groups is 1. The van der Waals surface area contributed by atoms with E-state index in [1.54, 1.807) is 4.90 Å². The first-order valence-electron chi connectivity index (χ1n) is 8.67. The van der Waals surface area contributed by atoms with Crippen molar-refractivity contribution in [2.45, 2.75) is 27.7 Å². The van der Waals surface area contributed by atoms with Gasteiger partial charge in [-0.1, -0.05) is 0 Å². The fourth-order valence-corrected chi connectivity index (χ4v) is 4.56. The van der Waals surface area contributed by atoms with Crippen LogP contribution >= 0.6 is 34.4 Å². The molecule has 4 nitrogen and oxygen atoms in total. The number of amidine groups is 1. The third-order valence-electron chi connectivity index (χ3n) is 4.34. The molecular formula is C20H22IN3OS. The van der Waals surface area contributed by atoms with Gasteiger partial charge in [-0.05, 0) is 104 Å². The number of carbonyl (C=O) groups excluding carboxylic acids is 1. The lowest BCUT2D eigenvalue weighted by Crippen LogP contribution is -2.28. The summed E-state index contributed by atoms with van der Waals surface area (Å²) in [5.41, 5.74) is 4.50. The van der Waals surface area contributed by atoms with E-state index in [1.807, 2.05) is 19.9 Å². The number of likely N-dealkylation sites (N-methyl/N-ethyl adjacent to an activating group) is 1. The Morgan fingerprint density at radius 1 is 1.19 bits per heavy atom. The van der Waals surface area contributed by atoms with Crippen molar-refractivity contribution in [2.75, 3.05) is 13.1 Å². The predicted molar refractivity (Wildman–Crippen MR) is 119 cm³/mol. The molecule has 1 aliphatic heterocycles. The van der Waals surface area contributed by atoms with Crippen LogP contribution in [-0.2, 0) is 4.79 Å². The van der Waals surface area contributed by atoms with E-state index in [-0.39, 0.29) is 5.91 Å². The number of thioether (sulfide) groups is 1. The monoisotopic (exact) mass is 479 g/mol. The van der Waals surface area contributed by atoms with Gasteiger partial charge in [0.05, 0.1) is 4.91 Å². The number of amides is 1. The van der Waals surface area contributed by atoms with Crippen LogP contribution in [0.1, 0.15) is 30.8 Å². The molecule has 0 spiro atoms. The molecule has 1 aliphatic rings. The fraction of sp³-hybridized carbons (Fsp3) is 0.300. The highest BCUT2D eigenvalue weighted by molar-refractivity contribution is 14.1. The summed E-state index contributed by atoms with van der Waals surface area (Å²) in [6.07, 6.45) is 2.00. The molecule has 2 aromatic rings. The largest absolute Gasteiger partial charge is 0.318 e. The lowest BCUT2D eigenvalue weighted by Gasteiger charge is -2.11. The topological polar surface area (TPSA) is 37.6 Å². The molecule has 0 unspecified atom stereocenters. The number of hydrogen-bond donors (Lipinski definition) is 0. The third kappa shape index (κ3) is 3.62. The van der Waals surface area contributed by atoms with E-state index in [1.165, 1.54) is 15.3 Å². The Hall–Kier alpha value is -1.54. The summed E-state index contributed by atoms with van der Waals surface area (Å²) < 4.78 is 3.44. The normalized spacial score (nSPS) is 17.7. The molecule has 1 fully saturated rings. The Bertz CT molecular complexity index is 897. The van der Waals surface area contributed by atoms with Crippen LogP contribution in [0.15, 0.2) is 40.2 Å². The van der Waals surface area contributed by atoms with Crippen LogP contribution in [-0.4, -0.2) is 33.6 Å². The minimum absolute atomic E-state index is 0.0452. The number of nitrogens with zero attached hydrogens (tertiary/aromatic N) is 3. The van der Waals surface area contributed by atoms with Crippen molar-refractivity contribution < 1.29 is 4.79 Å². The minimum Gasteiger partial charge on any atom is -0.318 e. The molecule has 0 saturated carbocycles. The van der Waals surface area contributed by atoms with Crippen molar-refractivity contribution in [3.8, 4) is 5.69 Å². The molecule has 0 aliphatic carbocycles. The maximum absolute atomic E-state index is 12.7. The van der Waals surface area contributed by atoms with E-state index >= 15 is 0 Å². The Labute approximate surface area is 172 Å². The van der Waals surface area contributed by atoms with Gasteiger partial charge in [0, 0.05) is 33.7 Å². The first-order valence-corrected chi connectivity index (χ1v) is 10.6. The first-order chi connectivity index (χ1) is 12.5. The third-order valence-corrected chi connectivity index (χ3v) is 6.10. The molecule has 26 heavy (non-hydrogen) atoms. The summed E-state index contributed by atoms with van der Waals surface area (Å²) in [7, 11) is 0. The van der Waals surface area contributed by atoms with E-state index in [0.717, 1.165) is 32.7 Å². The number of halogens is 1. The molecule has 0 radical (unpaired) electrons. The second-order valence-corrected chi connectivity index (χ2v) is 8.31. The van der Waals surface area contributed by atoms with Gasteiger partial charge in [0.1, 0.15) is 0 Å². The lowest BCUT2D eigenvalue weighted by atomic mass is 10.2. The van der Waals surface area contributed by atoms with Crippen LogP contribution in [0.3, 0.4) is 0 Å². The van der Waals surface area contributed by atoms with E-state index in [0.29, 0.717) is 13.1 Å². The standard InChI is InChI=1S/C20H22IN3OS/c1-5-22-20-23(6-2)19(25)18(26-20)12-15-11-13(3)24(14(15)4)17-9-7-16(21)8-10-17/h7-12H,5-6H2,1-4H3/b18-12-,22-20?. The van der Waals surface area contributed by atoms with Gasteiger partial charge in [0.25, 0.3) is 5.91 Å². The molecule has 1 aromatic carbocycles. The lowest BCUT2D eigenvalue weighted by molar-refractivity contribution is -0.122. The molecule has 3 rings (SSSR count). The summed E-state index contributed by atoms with van der Waals surface area (Å²) in [5, 5.41) is 0.803. The zero-order valence-corrected chi connectivity index (χ0v) is 18.4. The van der Waals surface area contributed by atoms with E-state index < -0.39 is 0 Å². The van der Waals surface area contributed by atoms with Crippen LogP contribution in [0.5, 0.6) is 0 Å². The van der Waals surface area contributed by atoms with Crippen molar-refractivity contribution in [1.29, 1.82) is 0 Å². The first kappa shape index (κ1) is 19.2. The van der Waals surface area contributed by atoms with Gasteiger partial charge in [0.2, 0.25) is 0 Å². The van der Waals surface area contributed by atoms with Crippen LogP contribution in [0.4, 0.5) is 0 Å². The average molecular weight is 479 g/mol. The number of carbonyl (C=O) groups is 1. The Morgan fingerprint density at radius 2 is 1.88 bits per heavy atom. The SMILES string of the molecule is CCN=C1S/C(=C\c2cc(C)n(-c3ccc(I)cc3)c2C)C(=O)N1CC. The van der Waals surface area contributed by atoms with Crippen molar-refractivity contribution >= 4 is 51.5 Å². The number of benzene rings is 1. The van der Waals surface area contributed by atoms with Crippen LogP contribution in [0.25, 0.3) is 11.8 Å². The van der Waals surface area contributed by atoms with Gasteiger partial charge in [-0.2, -0.15) is 0 Å². The second kappa shape index (κ2) is 8.00. The average Bonchev–Trinajstić information content (AvgIpc) is 3.06. The number of aromatic nitrogens is 1. The zero-order valence-electron chi connectivity index (χ0n) is 15.4. The Morgan fingerprint density at radius 3 is 2.50 bits per heavy atom. The van der Waals surface area contributed by atoms with Gasteiger partial charge in [-0.15, -0.1) is 0 Å². The molecule has 1 saturated heterocycles. The predicted octanol–water partition coefficient (Wildman–Crippen LogP) is 5.01. The number of rotatable bonds is 4. The van der Waals surface area contributed by atoms with Crippen LogP contribution in [0, 0.1) is 17.4 Å². The number of hydrogen-bond acceptors (Lipinski definition) is 3. The molecule has 6 heteroatoms. The Balaban J connectivity index is 2.00. The van der Waals surface area contributed by atoms with Crippen molar-refractivity contribution in [3.05, 3.63) is 55.8 Å². The zero-order chi connectivity index (χ0) is 18.8. The highest BCUT2D eigenvalue weighted by atomic mass is 127. The molecule has 2 heterocycles. The van der Waals surface area contributed by atoms with E-state index in [4.69, 9.17) is 0 Å². The van der Waals surface area contributed by atoms with Crippen LogP contribution < -0.4 is 0 Å². The van der Waals surface area contributed by atoms with Crippen LogP contribution in [0.2, 0.25) is 0 Å². The highest BCUT2D eigenvalue weighted by Crippen LogP contribution is 2.33. The molecule has 0 bridgehead atoms. The fourth-order valence-electron chi connectivity index (χ4n) is 3.10. The molecule has 136 valence electrons.